The van der Waals surface area contributed by atoms with Crippen LogP contribution in [0.2, 0.25) is 0 Å². The van der Waals surface area contributed by atoms with E-state index >= 15 is 0 Å². The number of carbonyl (C=O) groups is 2. The highest BCUT2D eigenvalue weighted by Gasteiger charge is 2.48. The van der Waals surface area contributed by atoms with Gasteiger partial charge in [-0.15, -0.1) is 0 Å². The molecular formula is C13H24N2O5S. The predicted molar refractivity (Wildman–Crippen MR) is 78.9 cm³/mol. The molecule has 2 amide bonds. The number of urea groups is 1. The number of likely N-dealkylation sites (tertiary alicyclic amines) is 1. The SMILES string of the molecule is CCC1(C(=O)O)CCCN1C(=O)NCC(C)(C)S(C)(=O)=O. The van der Waals surface area contributed by atoms with E-state index < -0.39 is 32.1 Å². The van der Waals surface area contributed by atoms with Crippen LogP contribution in [0.3, 0.4) is 0 Å². The van der Waals surface area contributed by atoms with Crippen LogP contribution in [-0.2, 0) is 14.6 Å². The summed E-state index contributed by atoms with van der Waals surface area (Å²) >= 11 is 0. The molecule has 0 spiro atoms. The second-order valence-electron chi connectivity index (χ2n) is 6.14. The molecule has 0 aromatic rings. The summed E-state index contributed by atoms with van der Waals surface area (Å²) in [6.45, 7) is 5.10. The van der Waals surface area contributed by atoms with Crippen molar-refractivity contribution in [3.63, 3.8) is 0 Å². The van der Waals surface area contributed by atoms with E-state index in [4.69, 9.17) is 0 Å². The maximum absolute atomic E-state index is 12.3. The number of carboxylic acids is 1. The van der Waals surface area contributed by atoms with Gasteiger partial charge < -0.3 is 15.3 Å². The maximum atomic E-state index is 12.3. The Balaban J connectivity index is 2.83. The fraction of sp³-hybridized carbons (Fsp3) is 0.846. The molecule has 1 saturated heterocycles. The molecule has 0 bridgehead atoms. The molecule has 0 radical (unpaired) electrons. The molecule has 1 rings (SSSR count). The van der Waals surface area contributed by atoms with Crippen molar-refractivity contribution >= 4 is 21.8 Å². The van der Waals surface area contributed by atoms with E-state index in [0.717, 1.165) is 6.26 Å². The van der Waals surface area contributed by atoms with E-state index in [9.17, 15) is 23.1 Å². The van der Waals surface area contributed by atoms with Gasteiger partial charge in [-0.05, 0) is 33.1 Å². The van der Waals surface area contributed by atoms with Gasteiger partial charge in [0.1, 0.15) is 5.54 Å². The molecule has 0 aromatic carbocycles. The largest absolute Gasteiger partial charge is 0.479 e. The van der Waals surface area contributed by atoms with Crippen LogP contribution in [0.4, 0.5) is 4.79 Å². The van der Waals surface area contributed by atoms with Gasteiger partial charge in [0.15, 0.2) is 9.84 Å². The smallest absolute Gasteiger partial charge is 0.329 e. The Morgan fingerprint density at radius 1 is 1.38 bits per heavy atom. The summed E-state index contributed by atoms with van der Waals surface area (Å²) in [6, 6.07) is -0.520. The molecule has 122 valence electrons. The van der Waals surface area contributed by atoms with Crippen LogP contribution >= 0.6 is 0 Å². The standard InChI is InChI=1S/C13H24N2O5S/c1-5-13(10(16)17)7-6-8-15(13)11(18)14-9-12(2,3)21(4,19)20/h5-9H2,1-4H3,(H,14,18)(H,16,17). The van der Waals surface area contributed by atoms with Crippen molar-refractivity contribution in [1.82, 2.24) is 10.2 Å². The molecule has 1 atom stereocenters. The van der Waals surface area contributed by atoms with E-state index in [0.29, 0.717) is 25.8 Å². The van der Waals surface area contributed by atoms with Crippen LogP contribution < -0.4 is 5.32 Å². The van der Waals surface area contributed by atoms with E-state index in [-0.39, 0.29) is 6.54 Å². The van der Waals surface area contributed by atoms with Gasteiger partial charge in [0.25, 0.3) is 0 Å². The number of hydrogen-bond acceptors (Lipinski definition) is 4. The molecule has 1 aliphatic rings. The molecule has 21 heavy (non-hydrogen) atoms. The van der Waals surface area contributed by atoms with Gasteiger partial charge in [0.2, 0.25) is 0 Å². The molecule has 2 N–H and O–H groups in total. The zero-order chi connectivity index (χ0) is 16.5. The second-order valence-corrected chi connectivity index (χ2v) is 8.79. The average molecular weight is 320 g/mol. The van der Waals surface area contributed by atoms with Crippen molar-refractivity contribution in [3.05, 3.63) is 0 Å². The van der Waals surface area contributed by atoms with Gasteiger partial charge >= 0.3 is 12.0 Å². The van der Waals surface area contributed by atoms with E-state index in [1.807, 2.05) is 0 Å². The molecular weight excluding hydrogens is 296 g/mol. The fourth-order valence-corrected chi connectivity index (χ4v) is 2.77. The second kappa shape index (κ2) is 5.82. The first-order valence-corrected chi connectivity index (χ1v) is 8.85. The number of nitrogens with zero attached hydrogens (tertiary/aromatic N) is 1. The molecule has 1 unspecified atom stereocenters. The van der Waals surface area contributed by atoms with Crippen LogP contribution in [0, 0.1) is 0 Å². The lowest BCUT2D eigenvalue weighted by molar-refractivity contribution is -0.148. The summed E-state index contributed by atoms with van der Waals surface area (Å²) in [6.07, 6.45) is 2.48. The van der Waals surface area contributed by atoms with E-state index in [2.05, 4.69) is 5.32 Å². The number of hydrogen-bond donors (Lipinski definition) is 2. The number of carbonyl (C=O) groups excluding carboxylic acids is 1. The Hall–Kier alpha value is -1.31. The van der Waals surface area contributed by atoms with Crippen molar-refractivity contribution in [2.45, 2.75) is 50.3 Å². The van der Waals surface area contributed by atoms with Crippen molar-refractivity contribution in [3.8, 4) is 0 Å². The lowest BCUT2D eigenvalue weighted by atomic mass is 9.93. The van der Waals surface area contributed by atoms with Crippen LogP contribution in [0.15, 0.2) is 0 Å². The predicted octanol–water partition coefficient (Wildman–Crippen LogP) is 0.848. The Labute approximate surface area is 125 Å². The van der Waals surface area contributed by atoms with Gasteiger partial charge in [-0.3, -0.25) is 0 Å². The average Bonchev–Trinajstić information content (AvgIpc) is 2.79. The first-order chi connectivity index (χ1) is 9.48. The molecule has 0 saturated carbocycles. The molecule has 1 aliphatic heterocycles. The summed E-state index contributed by atoms with van der Waals surface area (Å²) in [5, 5.41) is 12.0. The van der Waals surface area contributed by atoms with Crippen LogP contribution in [0.5, 0.6) is 0 Å². The van der Waals surface area contributed by atoms with Crippen LogP contribution in [-0.4, -0.2) is 60.1 Å². The Bertz CT molecular complexity index is 529. The number of sulfone groups is 1. The number of rotatable bonds is 5. The number of amides is 2. The summed E-state index contributed by atoms with van der Waals surface area (Å²) < 4.78 is 22.1. The van der Waals surface area contributed by atoms with Gasteiger partial charge in [-0.2, -0.15) is 0 Å². The highest BCUT2D eigenvalue weighted by atomic mass is 32.2. The minimum absolute atomic E-state index is 0.0550. The third kappa shape index (κ3) is 3.30. The molecule has 8 heteroatoms. The molecule has 1 fully saturated rings. The zero-order valence-electron chi connectivity index (χ0n) is 13.0. The quantitative estimate of drug-likeness (QED) is 0.781. The summed E-state index contributed by atoms with van der Waals surface area (Å²) in [4.78, 5) is 25.1. The normalized spacial score (nSPS) is 23.1. The number of nitrogens with one attached hydrogen (secondary N) is 1. The van der Waals surface area contributed by atoms with Crippen LogP contribution in [0.1, 0.15) is 40.0 Å². The maximum Gasteiger partial charge on any atom is 0.329 e. The zero-order valence-corrected chi connectivity index (χ0v) is 13.8. The molecule has 1 heterocycles. The lowest BCUT2D eigenvalue weighted by Gasteiger charge is -2.34. The third-order valence-corrected chi connectivity index (χ3v) is 6.54. The monoisotopic (exact) mass is 320 g/mol. The Morgan fingerprint density at radius 3 is 2.38 bits per heavy atom. The van der Waals surface area contributed by atoms with Crippen molar-refractivity contribution in [2.24, 2.45) is 0 Å². The lowest BCUT2D eigenvalue weighted by Crippen LogP contribution is -2.57. The number of aliphatic carboxylic acids is 1. The summed E-state index contributed by atoms with van der Waals surface area (Å²) in [7, 11) is -3.32. The fourth-order valence-electron chi connectivity index (χ4n) is 2.43. The highest BCUT2D eigenvalue weighted by Crippen LogP contribution is 2.32. The van der Waals surface area contributed by atoms with Crippen LogP contribution in [0.25, 0.3) is 0 Å². The van der Waals surface area contributed by atoms with Gasteiger partial charge in [-0.1, -0.05) is 6.92 Å². The first-order valence-electron chi connectivity index (χ1n) is 6.96. The van der Waals surface area contributed by atoms with Gasteiger partial charge in [-0.25, -0.2) is 18.0 Å². The Morgan fingerprint density at radius 2 is 1.95 bits per heavy atom. The summed E-state index contributed by atoms with van der Waals surface area (Å²) in [5.41, 5.74) is -1.18. The first kappa shape index (κ1) is 17.7. The molecule has 0 aromatic heterocycles. The minimum Gasteiger partial charge on any atom is -0.479 e. The van der Waals surface area contributed by atoms with Crippen molar-refractivity contribution in [1.29, 1.82) is 0 Å². The van der Waals surface area contributed by atoms with E-state index in [1.54, 1.807) is 6.92 Å². The van der Waals surface area contributed by atoms with Crippen molar-refractivity contribution < 1.29 is 23.1 Å². The topological polar surface area (TPSA) is 104 Å². The van der Waals surface area contributed by atoms with Gasteiger partial charge in [0, 0.05) is 19.3 Å². The third-order valence-electron chi connectivity index (χ3n) is 4.39. The molecule has 0 aliphatic carbocycles. The Kier molecular flexibility index (Phi) is 4.92. The minimum atomic E-state index is -3.32. The highest BCUT2D eigenvalue weighted by molar-refractivity contribution is 7.92. The van der Waals surface area contributed by atoms with Gasteiger partial charge in [0.05, 0.1) is 4.75 Å². The summed E-state index contributed by atoms with van der Waals surface area (Å²) in [5.74, 6) is -1.01. The molecule has 7 nitrogen and oxygen atoms in total. The number of carboxylic acid groups (broad SMARTS) is 1. The van der Waals surface area contributed by atoms with E-state index in [1.165, 1.54) is 18.7 Å². The van der Waals surface area contributed by atoms with Crippen molar-refractivity contribution in [2.75, 3.05) is 19.3 Å².